The molecule has 4 heteroatoms. The molecule has 28 heavy (non-hydrogen) atoms. The first-order valence-electron chi connectivity index (χ1n) is 11.4. The summed E-state index contributed by atoms with van der Waals surface area (Å²) in [6, 6.07) is 10.8. The van der Waals surface area contributed by atoms with E-state index in [9.17, 15) is 9.90 Å². The summed E-state index contributed by atoms with van der Waals surface area (Å²) in [7, 11) is 0. The quantitative estimate of drug-likeness (QED) is 0.795. The molecule has 0 aromatic heterocycles. The maximum atomic E-state index is 13.1. The molecule has 6 rings (SSSR count). The van der Waals surface area contributed by atoms with Gasteiger partial charge in [-0.25, -0.2) is 0 Å². The number of aliphatic hydroxyl groups is 1. The maximum absolute atomic E-state index is 13.1. The number of hydrogen-bond donors (Lipinski definition) is 2. The molecule has 1 amide bonds. The molecule has 2 N–H and O–H groups in total. The first kappa shape index (κ1) is 18.6. The Bertz CT molecular complexity index is 678. The van der Waals surface area contributed by atoms with E-state index in [1.54, 1.807) is 0 Å². The highest BCUT2D eigenvalue weighted by Gasteiger charge is 2.49. The van der Waals surface area contributed by atoms with Gasteiger partial charge in [-0.2, -0.15) is 0 Å². The normalized spacial score (nSPS) is 39.5. The Morgan fingerprint density at radius 2 is 1.71 bits per heavy atom. The number of piperidine rings is 1. The van der Waals surface area contributed by atoms with Gasteiger partial charge in [0.25, 0.3) is 5.91 Å². The van der Waals surface area contributed by atoms with Crippen LogP contribution in [0.4, 0.5) is 0 Å². The van der Waals surface area contributed by atoms with Crippen LogP contribution in [0.5, 0.6) is 0 Å². The van der Waals surface area contributed by atoms with Gasteiger partial charge in [-0.1, -0.05) is 30.3 Å². The Hall–Kier alpha value is -1.39. The lowest BCUT2D eigenvalue weighted by Crippen LogP contribution is -2.62. The number of likely N-dealkylation sites (tertiary alicyclic amines) is 1. The summed E-state index contributed by atoms with van der Waals surface area (Å²) in [6.45, 7) is 1.90. The third kappa shape index (κ3) is 3.50. The molecule has 5 fully saturated rings. The molecule has 4 nitrogen and oxygen atoms in total. The van der Waals surface area contributed by atoms with Crippen LogP contribution < -0.4 is 5.32 Å². The van der Waals surface area contributed by atoms with Crippen LogP contribution in [-0.2, 0) is 11.2 Å². The zero-order valence-corrected chi connectivity index (χ0v) is 16.9. The summed E-state index contributed by atoms with van der Waals surface area (Å²) in [5.41, 5.74) is 0.0278. The Labute approximate surface area is 168 Å². The van der Waals surface area contributed by atoms with Gasteiger partial charge in [-0.3, -0.25) is 4.79 Å². The topological polar surface area (TPSA) is 52.6 Å². The molecule has 1 aromatic carbocycles. The van der Waals surface area contributed by atoms with E-state index in [2.05, 4.69) is 17.4 Å². The second kappa shape index (κ2) is 7.46. The second-order valence-corrected chi connectivity index (χ2v) is 10.0. The fraction of sp³-hybridized carbons (Fsp3) is 0.708. The van der Waals surface area contributed by atoms with Crippen molar-refractivity contribution >= 4 is 5.91 Å². The highest BCUT2D eigenvalue weighted by molar-refractivity contribution is 5.86. The lowest BCUT2D eigenvalue weighted by atomic mass is 9.54. The van der Waals surface area contributed by atoms with Crippen molar-refractivity contribution in [1.82, 2.24) is 10.2 Å². The van der Waals surface area contributed by atoms with Crippen LogP contribution >= 0.6 is 0 Å². The molecule has 1 aliphatic heterocycles. The zero-order valence-electron chi connectivity index (χ0n) is 16.9. The van der Waals surface area contributed by atoms with E-state index in [0.717, 1.165) is 43.1 Å². The Kier molecular flexibility index (Phi) is 4.96. The summed E-state index contributed by atoms with van der Waals surface area (Å²) in [4.78, 5) is 15.0. The molecule has 0 spiro atoms. The van der Waals surface area contributed by atoms with Crippen LogP contribution in [0, 0.1) is 23.7 Å². The van der Waals surface area contributed by atoms with Gasteiger partial charge in [-0.15, -0.1) is 0 Å². The lowest BCUT2D eigenvalue weighted by molar-refractivity contribution is -0.157. The van der Waals surface area contributed by atoms with Gasteiger partial charge in [0.2, 0.25) is 0 Å². The molecule has 1 aromatic rings. The number of carbonyl (C=O) groups is 1. The fourth-order valence-electron chi connectivity index (χ4n) is 6.90. The van der Waals surface area contributed by atoms with E-state index in [0.29, 0.717) is 25.6 Å². The van der Waals surface area contributed by atoms with Gasteiger partial charge in [0, 0.05) is 25.7 Å². The molecule has 4 saturated carbocycles. The fourth-order valence-corrected chi connectivity index (χ4v) is 6.90. The monoisotopic (exact) mass is 382 g/mol. The number of benzene rings is 1. The SMILES string of the molecule is O=C1N(CCc2ccccc2)CCC[C@]1(O)CNC1C2CC3CC(C2)CC1C3. The predicted molar refractivity (Wildman–Crippen MR) is 110 cm³/mol. The average Bonchev–Trinajstić information content (AvgIpc) is 2.69. The van der Waals surface area contributed by atoms with Gasteiger partial charge in [0.15, 0.2) is 5.60 Å². The van der Waals surface area contributed by atoms with Gasteiger partial charge >= 0.3 is 0 Å². The van der Waals surface area contributed by atoms with Gasteiger partial charge in [0.05, 0.1) is 0 Å². The summed E-state index contributed by atoms with van der Waals surface area (Å²) in [6.07, 6.45) is 9.24. The average molecular weight is 383 g/mol. The van der Waals surface area contributed by atoms with Crippen LogP contribution in [0.3, 0.4) is 0 Å². The van der Waals surface area contributed by atoms with E-state index in [-0.39, 0.29) is 5.91 Å². The van der Waals surface area contributed by atoms with E-state index < -0.39 is 5.60 Å². The number of amides is 1. The van der Waals surface area contributed by atoms with Gasteiger partial charge in [-0.05, 0) is 80.6 Å². The number of nitrogens with one attached hydrogen (secondary N) is 1. The molecular weight excluding hydrogens is 348 g/mol. The van der Waals surface area contributed by atoms with Crippen molar-refractivity contribution in [3.05, 3.63) is 35.9 Å². The third-order valence-electron chi connectivity index (χ3n) is 8.07. The number of hydrogen-bond acceptors (Lipinski definition) is 3. The summed E-state index contributed by atoms with van der Waals surface area (Å²) < 4.78 is 0. The predicted octanol–water partition coefficient (Wildman–Crippen LogP) is 3.00. The molecule has 0 radical (unpaired) electrons. The number of nitrogens with zero attached hydrogens (tertiary/aromatic N) is 1. The van der Waals surface area contributed by atoms with Crippen molar-refractivity contribution in [3.8, 4) is 0 Å². The number of carbonyl (C=O) groups excluding carboxylic acids is 1. The minimum atomic E-state index is -1.22. The largest absolute Gasteiger partial charge is 0.379 e. The number of rotatable bonds is 6. The zero-order chi connectivity index (χ0) is 19.1. The second-order valence-electron chi connectivity index (χ2n) is 10.0. The molecule has 4 bridgehead atoms. The summed E-state index contributed by atoms with van der Waals surface area (Å²) in [5.74, 6) is 3.38. The molecular formula is C24H34N2O2. The van der Waals surface area contributed by atoms with E-state index in [1.807, 2.05) is 23.1 Å². The van der Waals surface area contributed by atoms with Gasteiger partial charge in [0.1, 0.15) is 0 Å². The highest BCUT2D eigenvalue weighted by atomic mass is 16.3. The van der Waals surface area contributed by atoms with Crippen LogP contribution in [-0.4, -0.2) is 47.2 Å². The Morgan fingerprint density at radius 1 is 1.04 bits per heavy atom. The minimum Gasteiger partial charge on any atom is -0.379 e. The van der Waals surface area contributed by atoms with Crippen molar-refractivity contribution in [2.75, 3.05) is 19.6 Å². The molecule has 0 unspecified atom stereocenters. The Morgan fingerprint density at radius 3 is 2.39 bits per heavy atom. The minimum absolute atomic E-state index is 0.0639. The van der Waals surface area contributed by atoms with Crippen molar-refractivity contribution < 1.29 is 9.90 Å². The van der Waals surface area contributed by atoms with E-state index >= 15 is 0 Å². The Balaban J connectivity index is 1.19. The third-order valence-corrected chi connectivity index (χ3v) is 8.07. The summed E-state index contributed by atoms with van der Waals surface area (Å²) >= 11 is 0. The van der Waals surface area contributed by atoms with Gasteiger partial charge < -0.3 is 15.3 Å². The van der Waals surface area contributed by atoms with Crippen molar-refractivity contribution in [1.29, 1.82) is 0 Å². The first-order chi connectivity index (χ1) is 13.6. The molecule has 5 aliphatic rings. The van der Waals surface area contributed by atoms with E-state index in [4.69, 9.17) is 0 Å². The standard InChI is InChI=1S/C24H34N2O2/c27-23-24(28,8-4-9-26(23)10-7-17-5-2-1-3-6-17)16-25-22-20-12-18-11-19(14-20)15-21(22)13-18/h1-3,5-6,18-22,25,28H,4,7-16H2/t18?,19?,20?,21?,22?,24-/m0/s1. The molecule has 1 saturated heterocycles. The van der Waals surface area contributed by atoms with Crippen molar-refractivity contribution in [2.24, 2.45) is 23.7 Å². The van der Waals surface area contributed by atoms with Crippen LogP contribution in [0.15, 0.2) is 30.3 Å². The van der Waals surface area contributed by atoms with E-state index in [1.165, 1.54) is 37.7 Å². The first-order valence-corrected chi connectivity index (χ1v) is 11.4. The smallest absolute Gasteiger partial charge is 0.255 e. The molecule has 1 atom stereocenters. The molecule has 152 valence electrons. The molecule has 4 aliphatic carbocycles. The van der Waals surface area contributed by atoms with Crippen LogP contribution in [0.1, 0.15) is 50.5 Å². The summed E-state index contributed by atoms with van der Waals surface area (Å²) in [5, 5.41) is 14.9. The van der Waals surface area contributed by atoms with Crippen molar-refractivity contribution in [3.63, 3.8) is 0 Å². The van der Waals surface area contributed by atoms with Crippen molar-refractivity contribution in [2.45, 2.75) is 63.0 Å². The molecule has 1 heterocycles. The maximum Gasteiger partial charge on any atom is 0.255 e. The lowest BCUT2D eigenvalue weighted by Gasteiger charge is -2.55. The van der Waals surface area contributed by atoms with Crippen LogP contribution in [0.25, 0.3) is 0 Å². The van der Waals surface area contributed by atoms with Crippen LogP contribution in [0.2, 0.25) is 0 Å². The highest BCUT2D eigenvalue weighted by Crippen LogP contribution is 2.53.